The summed E-state index contributed by atoms with van der Waals surface area (Å²) >= 11 is 0. The number of carbonyl (C=O) groups excluding carboxylic acids is 1. The fraction of sp³-hybridized carbons (Fsp3) is 0.222. The highest BCUT2D eigenvalue weighted by Crippen LogP contribution is 2.36. The van der Waals surface area contributed by atoms with Gasteiger partial charge in [-0.15, -0.1) is 0 Å². The van der Waals surface area contributed by atoms with E-state index in [4.69, 9.17) is 4.42 Å². The number of aliphatic carboxylic acids is 1. The van der Waals surface area contributed by atoms with E-state index in [1.807, 2.05) is 0 Å². The van der Waals surface area contributed by atoms with Crippen LogP contribution in [0.1, 0.15) is 35.2 Å². The molecule has 0 bridgehead atoms. The molecule has 2 atom stereocenters. The lowest BCUT2D eigenvalue weighted by Gasteiger charge is -2.14. The Hall–Kier alpha value is -4.21. The Bertz CT molecular complexity index is 1490. The summed E-state index contributed by atoms with van der Waals surface area (Å²) in [4.78, 5) is 28.2. The summed E-state index contributed by atoms with van der Waals surface area (Å²) in [6.45, 7) is 0. The number of alkyl halides is 3. The molecule has 1 saturated carbocycles. The summed E-state index contributed by atoms with van der Waals surface area (Å²) in [6.07, 6.45) is -2.79. The Morgan fingerprint density at radius 3 is 2.32 bits per heavy atom. The van der Waals surface area contributed by atoms with Crippen LogP contribution in [0.4, 0.5) is 29.3 Å². The minimum atomic E-state index is -4.52. The lowest BCUT2D eigenvalue weighted by molar-refractivity contribution is -0.142. The summed E-state index contributed by atoms with van der Waals surface area (Å²) in [6, 6.07) is 13.6. The van der Waals surface area contributed by atoms with Gasteiger partial charge in [-0.3, -0.25) is 9.59 Å². The molecule has 0 saturated heterocycles. The quantitative estimate of drug-likeness (QED) is 0.212. The van der Waals surface area contributed by atoms with Crippen LogP contribution in [0.25, 0.3) is 22.2 Å². The third-order valence-electron chi connectivity index (χ3n) is 6.60. The van der Waals surface area contributed by atoms with E-state index in [0.717, 1.165) is 18.2 Å². The zero-order chi connectivity index (χ0) is 26.3. The van der Waals surface area contributed by atoms with Crippen molar-refractivity contribution in [3.05, 3.63) is 77.6 Å². The Balaban J connectivity index is 1.32. The second-order valence-corrected chi connectivity index (χ2v) is 8.94. The van der Waals surface area contributed by atoms with Crippen LogP contribution < -0.4 is 5.32 Å². The van der Waals surface area contributed by atoms with Gasteiger partial charge in [0.15, 0.2) is 11.4 Å². The number of halogens is 4. The van der Waals surface area contributed by atoms with Gasteiger partial charge in [-0.05, 0) is 54.3 Å². The van der Waals surface area contributed by atoms with E-state index in [1.165, 1.54) is 12.1 Å². The van der Waals surface area contributed by atoms with Gasteiger partial charge in [0, 0.05) is 11.5 Å². The molecule has 1 heterocycles. The maximum absolute atomic E-state index is 14.8. The monoisotopic (exact) mass is 512 g/mol. The van der Waals surface area contributed by atoms with E-state index in [2.05, 4.69) is 10.3 Å². The number of carbonyl (C=O) groups is 2. The number of anilines is 2. The van der Waals surface area contributed by atoms with Crippen LogP contribution in [0, 0.1) is 17.7 Å². The van der Waals surface area contributed by atoms with Crippen molar-refractivity contribution in [2.75, 3.05) is 5.32 Å². The van der Waals surface area contributed by atoms with Crippen LogP contribution >= 0.6 is 0 Å². The van der Waals surface area contributed by atoms with Crippen molar-refractivity contribution in [3.63, 3.8) is 0 Å². The second kappa shape index (κ2) is 9.34. The lowest BCUT2D eigenvalue weighted by atomic mass is 9.88. The molecule has 1 fully saturated rings. The minimum absolute atomic E-state index is 0.0131. The van der Waals surface area contributed by atoms with Gasteiger partial charge in [0.05, 0.1) is 17.2 Å². The number of carboxylic acid groups (broad SMARTS) is 1. The van der Waals surface area contributed by atoms with Gasteiger partial charge in [0.2, 0.25) is 0 Å². The van der Waals surface area contributed by atoms with E-state index in [-0.39, 0.29) is 28.6 Å². The summed E-state index contributed by atoms with van der Waals surface area (Å²) < 4.78 is 59.0. The summed E-state index contributed by atoms with van der Waals surface area (Å²) in [5.74, 6) is -3.03. The van der Waals surface area contributed by atoms with Crippen LogP contribution in [0.5, 0.6) is 0 Å². The number of fused-ring (bicyclic) bond motifs is 1. The Morgan fingerprint density at radius 1 is 0.946 bits per heavy atom. The molecule has 1 aromatic heterocycles. The van der Waals surface area contributed by atoms with Gasteiger partial charge in [0.1, 0.15) is 11.3 Å². The number of hydrogen-bond acceptors (Lipinski definition) is 5. The number of Topliss-reactive ketones (excluding diaryl/α,β-unsaturated/α-hetero) is 1. The third kappa shape index (κ3) is 4.91. The first-order valence-corrected chi connectivity index (χ1v) is 11.5. The molecule has 2 N–H and O–H groups in total. The number of ketones is 1. The third-order valence-corrected chi connectivity index (χ3v) is 6.60. The number of hydrogen-bond donors (Lipinski definition) is 2. The van der Waals surface area contributed by atoms with Crippen LogP contribution in [0.15, 0.2) is 65.1 Å². The second-order valence-electron chi connectivity index (χ2n) is 8.94. The van der Waals surface area contributed by atoms with Gasteiger partial charge in [-0.2, -0.15) is 18.2 Å². The normalized spacial score (nSPS) is 17.7. The SMILES string of the molecule is O=C(O)[C@@H]1CCC[C@H]1C(=O)c1ccc(-c2ccc(Nc3nc4cc(C(F)(F)F)ccc4o3)c(F)c2)cc1. The van der Waals surface area contributed by atoms with Gasteiger partial charge >= 0.3 is 12.1 Å². The molecule has 0 amide bonds. The molecule has 6 nitrogen and oxygen atoms in total. The standard InChI is InChI=1S/C27H20F4N2O4/c28-20-12-16(14-4-6-15(7-5-14)24(34)18-2-1-3-19(18)25(35)36)8-10-21(20)32-26-33-22-13-17(27(29,30)31)9-11-23(22)37-26/h4-13,18-19H,1-3H2,(H,32,33)(H,35,36)/t18-,19-/m1/s1. The average Bonchev–Trinajstić information content (AvgIpc) is 3.51. The van der Waals surface area contributed by atoms with Gasteiger partial charge < -0.3 is 14.8 Å². The molecule has 5 rings (SSSR count). The van der Waals surface area contributed by atoms with Crippen molar-refractivity contribution in [3.8, 4) is 11.1 Å². The van der Waals surface area contributed by atoms with Crippen molar-refractivity contribution in [2.24, 2.45) is 11.8 Å². The first kappa shape index (κ1) is 24.5. The Kier molecular flexibility index (Phi) is 6.18. The van der Waals surface area contributed by atoms with Crippen LogP contribution in [-0.4, -0.2) is 21.8 Å². The van der Waals surface area contributed by atoms with E-state index < -0.39 is 35.4 Å². The van der Waals surface area contributed by atoms with Crippen molar-refractivity contribution in [1.29, 1.82) is 0 Å². The zero-order valence-corrected chi connectivity index (χ0v) is 19.2. The molecule has 1 aliphatic rings. The zero-order valence-electron chi connectivity index (χ0n) is 19.2. The summed E-state index contributed by atoms with van der Waals surface area (Å²) in [5.41, 5.74) is 0.826. The maximum atomic E-state index is 14.8. The topological polar surface area (TPSA) is 92.4 Å². The molecular formula is C27H20F4N2O4. The van der Waals surface area contributed by atoms with Gasteiger partial charge in [-0.25, -0.2) is 4.39 Å². The first-order valence-electron chi connectivity index (χ1n) is 11.5. The van der Waals surface area contributed by atoms with E-state index in [1.54, 1.807) is 30.3 Å². The Morgan fingerprint density at radius 2 is 1.65 bits per heavy atom. The number of nitrogens with one attached hydrogen (secondary N) is 1. The molecule has 190 valence electrons. The van der Waals surface area contributed by atoms with E-state index >= 15 is 0 Å². The number of benzene rings is 3. The summed E-state index contributed by atoms with van der Waals surface area (Å²) in [5, 5.41) is 12.0. The van der Waals surface area contributed by atoms with E-state index in [9.17, 15) is 32.3 Å². The number of nitrogens with zero attached hydrogens (tertiary/aromatic N) is 1. The largest absolute Gasteiger partial charge is 0.481 e. The predicted molar refractivity (Wildman–Crippen MR) is 127 cm³/mol. The first-order chi connectivity index (χ1) is 17.6. The number of aromatic nitrogens is 1. The highest BCUT2D eigenvalue weighted by Gasteiger charge is 2.38. The van der Waals surface area contributed by atoms with Crippen LogP contribution in [0.3, 0.4) is 0 Å². The van der Waals surface area contributed by atoms with E-state index in [0.29, 0.717) is 36.0 Å². The van der Waals surface area contributed by atoms with Crippen LogP contribution in [0.2, 0.25) is 0 Å². The predicted octanol–water partition coefficient (Wildman–Crippen LogP) is 7.08. The highest BCUT2D eigenvalue weighted by molar-refractivity contribution is 6.00. The fourth-order valence-electron chi connectivity index (χ4n) is 4.68. The molecule has 4 aromatic rings. The number of carboxylic acids is 1. The smallest absolute Gasteiger partial charge is 0.416 e. The van der Waals surface area contributed by atoms with Crippen LogP contribution in [-0.2, 0) is 11.0 Å². The molecule has 10 heteroatoms. The summed E-state index contributed by atoms with van der Waals surface area (Å²) in [7, 11) is 0. The van der Waals surface area contributed by atoms with Crippen molar-refractivity contribution < 1.29 is 36.7 Å². The molecule has 0 spiro atoms. The molecule has 1 aliphatic carbocycles. The highest BCUT2D eigenvalue weighted by atomic mass is 19.4. The number of rotatable bonds is 6. The molecule has 0 aliphatic heterocycles. The van der Waals surface area contributed by atoms with Crippen molar-refractivity contribution >= 4 is 34.6 Å². The van der Waals surface area contributed by atoms with Gasteiger partial charge in [0.25, 0.3) is 6.01 Å². The minimum Gasteiger partial charge on any atom is -0.481 e. The van der Waals surface area contributed by atoms with Gasteiger partial charge in [-0.1, -0.05) is 36.8 Å². The molecule has 37 heavy (non-hydrogen) atoms. The molecule has 0 radical (unpaired) electrons. The fourth-order valence-corrected chi connectivity index (χ4v) is 4.68. The molecular weight excluding hydrogens is 492 g/mol. The van der Waals surface area contributed by atoms with Crippen molar-refractivity contribution in [2.45, 2.75) is 25.4 Å². The maximum Gasteiger partial charge on any atom is 0.416 e. The molecule has 3 aromatic carbocycles. The van der Waals surface area contributed by atoms with Crippen molar-refractivity contribution in [1.82, 2.24) is 4.98 Å². The molecule has 0 unspecified atom stereocenters. The Labute approximate surface area is 207 Å². The number of oxazole rings is 1. The average molecular weight is 512 g/mol. The lowest BCUT2D eigenvalue weighted by Crippen LogP contribution is -2.25.